The van der Waals surface area contributed by atoms with Crippen LogP contribution in [0.15, 0.2) is 6.33 Å². The zero-order chi connectivity index (χ0) is 9.80. The molecule has 0 saturated carbocycles. The van der Waals surface area contributed by atoms with Crippen LogP contribution < -0.4 is 11.1 Å². The summed E-state index contributed by atoms with van der Waals surface area (Å²) in [5.74, 6) is 3.15. The fourth-order valence-corrected chi connectivity index (χ4v) is 2.49. The second-order valence-electron chi connectivity index (χ2n) is 3.17. The number of fused-ring (bicyclic) bond motifs is 1. The minimum absolute atomic E-state index is 0.631. The molecule has 76 valence electrons. The third-order valence-electron chi connectivity index (χ3n) is 2.20. The lowest BCUT2D eigenvalue weighted by Crippen LogP contribution is -2.17. The topological polar surface area (TPSA) is 63.8 Å². The largest absolute Gasteiger partial charge is 0.368 e. The Morgan fingerprint density at radius 2 is 2.43 bits per heavy atom. The molecule has 1 aromatic rings. The van der Waals surface area contributed by atoms with Gasteiger partial charge in [0.05, 0.1) is 5.69 Å². The zero-order valence-electron chi connectivity index (χ0n) is 7.99. The minimum Gasteiger partial charge on any atom is -0.368 e. The molecule has 0 aromatic carbocycles. The second-order valence-corrected chi connectivity index (χ2v) is 4.27. The molecule has 1 aliphatic rings. The third-order valence-corrected chi connectivity index (χ3v) is 3.19. The predicted octanol–water partition coefficient (Wildman–Crippen LogP) is 0.636. The highest BCUT2D eigenvalue weighted by Crippen LogP contribution is 2.27. The Balaban J connectivity index is 2.21. The van der Waals surface area contributed by atoms with E-state index in [0.717, 1.165) is 24.5 Å². The standard InChI is InChI=1S/C9H14N4S/c10-2-3-11-9-7-5-14-4-1-8(7)12-6-13-9/h6H,1-5,10H2,(H,11,12,13). The molecule has 0 saturated heterocycles. The van der Waals surface area contributed by atoms with Crippen LogP contribution >= 0.6 is 11.8 Å². The van der Waals surface area contributed by atoms with Crippen LogP contribution in [0.1, 0.15) is 11.3 Å². The van der Waals surface area contributed by atoms with Gasteiger partial charge in [-0.25, -0.2) is 9.97 Å². The molecule has 0 amide bonds. The number of aryl methyl sites for hydroxylation is 1. The number of rotatable bonds is 3. The first kappa shape index (κ1) is 9.73. The zero-order valence-corrected chi connectivity index (χ0v) is 8.81. The highest BCUT2D eigenvalue weighted by atomic mass is 32.2. The van der Waals surface area contributed by atoms with Crippen LogP contribution in [0.5, 0.6) is 0 Å². The van der Waals surface area contributed by atoms with Crippen molar-refractivity contribution < 1.29 is 0 Å². The molecule has 0 unspecified atom stereocenters. The maximum Gasteiger partial charge on any atom is 0.133 e. The monoisotopic (exact) mass is 210 g/mol. The molecule has 0 bridgehead atoms. The summed E-state index contributed by atoms with van der Waals surface area (Å²) in [7, 11) is 0. The van der Waals surface area contributed by atoms with Crippen LogP contribution in [-0.2, 0) is 12.2 Å². The summed E-state index contributed by atoms with van der Waals surface area (Å²) in [5.41, 5.74) is 7.90. The van der Waals surface area contributed by atoms with Crippen LogP contribution in [0, 0.1) is 0 Å². The van der Waals surface area contributed by atoms with E-state index in [9.17, 15) is 0 Å². The average molecular weight is 210 g/mol. The first-order chi connectivity index (χ1) is 6.92. The molecule has 0 atom stereocenters. The Bertz CT molecular complexity index is 316. The van der Waals surface area contributed by atoms with Gasteiger partial charge in [0.1, 0.15) is 12.1 Å². The van der Waals surface area contributed by atoms with E-state index in [1.807, 2.05) is 11.8 Å². The van der Waals surface area contributed by atoms with Gasteiger partial charge in [0, 0.05) is 24.4 Å². The van der Waals surface area contributed by atoms with Crippen molar-refractivity contribution in [1.29, 1.82) is 0 Å². The summed E-state index contributed by atoms with van der Waals surface area (Å²) in [5, 5.41) is 3.23. The first-order valence-electron chi connectivity index (χ1n) is 4.76. The lowest BCUT2D eigenvalue weighted by atomic mass is 10.2. The summed E-state index contributed by atoms with van der Waals surface area (Å²) >= 11 is 1.93. The van der Waals surface area contributed by atoms with E-state index in [4.69, 9.17) is 5.73 Å². The van der Waals surface area contributed by atoms with Gasteiger partial charge in [-0.3, -0.25) is 0 Å². The van der Waals surface area contributed by atoms with E-state index >= 15 is 0 Å². The lowest BCUT2D eigenvalue weighted by molar-refractivity contribution is 0.936. The van der Waals surface area contributed by atoms with Crippen molar-refractivity contribution in [3.05, 3.63) is 17.6 Å². The number of thioether (sulfide) groups is 1. The van der Waals surface area contributed by atoms with E-state index in [1.54, 1.807) is 6.33 Å². The Kier molecular flexibility index (Phi) is 3.21. The molecule has 14 heavy (non-hydrogen) atoms. The van der Waals surface area contributed by atoms with Crippen LogP contribution in [0.25, 0.3) is 0 Å². The molecule has 5 heteroatoms. The quantitative estimate of drug-likeness (QED) is 0.766. The van der Waals surface area contributed by atoms with Gasteiger partial charge in [0.15, 0.2) is 0 Å². The molecule has 4 nitrogen and oxygen atoms in total. The van der Waals surface area contributed by atoms with Crippen molar-refractivity contribution >= 4 is 17.6 Å². The average Bonchev–Trinajstić information content (AvgIpc) is 2.26. The van der Waals surface area contributed by atoms with E-state index in [-0.39, 0.29) is 0 Å². The van der Waals surface area contributed by atoms with Crippen molar-refractivity contribution in [3.63, 3.8) is 0 Å². The molecule has 2 rings (SSSR count). The molecular weight excluding hydrogens is 196 g/mol. The minimum atomic E-state index is 0.631. The molecule has 1 aromatic heterocycles. The summed E-state index contributed by atoms with van der Waals surface area (Å²) in [6, 6.07) is 0. The van der Waals surface area contributed by atoms with E-state index in [0.29, 0.717) is 6.54 Å². The van der Waals surface area contributed by atoms with Crippen molar-refractivity contribution in [3.8, 4) is 0 Å². The van der Waals surface area contributed by atoms with Crippen molar-refractivity contribution in [2.24, 2.45) is 5.73 Å². The predicted molar refractivity (Wildman–Crippen MR) is 59.4 cm³/mol. The molecule has 0 fully saturated rings. The van der Waals surface area contributed by atoms with Crippen molar-refractivity contribution in [1.82, 2.24) is 9.97 Å². The smallest absolute Gasteiger partial charge is 0.133 e. The number of nitrogens with zero attached hydrogens (tertiary/aromatic N) is 2. The Hall–Kier alpha value is -0.810. The van der Waals surface area contributed by atoms with Gasteiger partial charge in [-0.05, 0) is 12.2 Å². The fourth-order valence-electron chi connectivity index (χ4n) is 1.50. The number of nitrogens with two attached hydrogens (primary N) is 1. The van der Waals surface area contributed by atoms with Gasteiger partial charge in [0.25, 0.3) is 0 Å². The summed E-state index contributed by atoms with van der Waals surface area (Å²) in [6.07, 6.45) is 2.69. The number of hydrogen-bond donors (Lipinski definition) is 2. The summed E-state index contributed by atoms with van der Waals surface area (Å²) in [4.78, 5) is 8.53. The molecule has 0 aliphatic carbocycles. The highest BCUT2D eigenvalue weighted by molar-refractivity contribution is 7.98. The number of aromatic nitrogens is 2. The van der Waals surface area contributed by atoms with Crippen molar-refractivity contribution in [2.45, 2.75) is 12.2 Å². The van der Waals surface area contributed by atoms with Crippen LogP contribution in [0.2, 0.25) is 0 Å². The van der Waals surface area contributed by atoms with Crippen LogP contribution in [0.4, 0.5) is 5.82 Å². The van der Waals surface area contributed by atoms with Crippen LogP contribution in [-0.4, -0.2) is 28.8 Å². The Morgan fingerprint density at radius 3 is 3.29 bits per heavy atom. The molecule has 3 N–H and O–H groups in total. The Labute approximate surface area is 87.7 Å². The van der Waals surface area contributed by atoms with Gasteiger partial charge in [-0.1, -0.05) is 0 Å². The maximum absolute atomic E-state index is 5.44. The highest BCUT2D eigenvalue weighted by Gasteiger charge is 2.14. The fraction of sp³-hybridized carbons (Fsp3) is 0.556. The summed E-state index contributed by atoms with van der Waals surface area (Å²) in [6.45, 7) is 1.40. The molecule has 0 radical (unpaired) electrons. The summed E-state index contributed by atoms with van der Waals surface area (Å²) < 4.78 is 0. The molecule has 0 spiro atoms. The van der Waals surface area contributed by atoms with E-state index < -0.39 is 0 Å². The normalized spacial score (nSPS) is 14.9. The SMILES string of the molecule is NCCNc1ncnc2c1CSCC2. The van der Waals surface area contributed by atoms with Gasteiger partial charge in [-0.15, -0.1) is 0 Å². The lowest BCUT2D eigenvalue weighted by Gasteiger charge is -2.17. The number of anilines is 1. The molecular formula is C9H14N4S. The van der Waals surface area contributed by atoms with Gasteiger partial charge < -0.3 is 11.1 Å². The van der Waals surface area contributed by atoms with Gasteiger partial charge >= 0.3 is 0 Å². The van der Waals surface area contributed by atoms with Gasteiger partial charge in [0.2, 0.25) is 0 Å². The second kappa shape index (κ2) is 4.61. The molecule has 1 aliphatic heterocycles. The van der Waals surface area contributed by atoms with Gasteiger partial charge in [-0.2, -0.15) is 11.8 Å². The van der Waals surface area contributed by atoms with E-state index in [2.05, 4.69) is 15.3 Å². The Morgan fingerprint density at radius 1 is 1.50 bits per heavy atom. The molecule has 2 heterocycles. The van der Waals surface area contributed by atoms with Crippen molar-refractivity contribution in [2.75, 3.05) is 24.2 Å². The number of hydrogen-bond acceptors (Lipinski definition) is 5. The number of nitrogens with one attached hydrogen (secondary N) is 1. The van der Waals surface area contributed by atoms with E-state index in [1.165, 1.54) is 17.0 Å². The first-order valence-corrected chi connectivity index (χ1v) is 5.91. The third kappa shape index (κ3) is 1.99. The maximum atomic E-state index is 5.44. The van der Waals surface area contributed by atoms with Crippen LogP contribution in [0.3, 0.4) is 0 Å².